The molecule has 100 valence electrons. The van der Waals surface area contributed by atoms with E-state index in [1.54, 1.807) is 24.3 Å². The summed E-state index contributed by atoms with van der Waals surface area (Å²) in [7, 11) is -3.46. The van der Waals surface area contributed by atoms with E-state index in [1.165, 1.54) is 18.2 Å². The van der Waals surface area contributed by atoms with Gasteiger partial charge in [-0.25, -0.2) is 12.8 Å². The molecule has 19 heavy (non-hydrogen) atoms. The first-order valence-corrected chi connectivity index (χ1v) is 7.45. The van der Waals surface area contributed by atoms with Crippen molar-refractivity contribution in [2.75, 3.05) is 11.5 Å². The third kappa shape index (κ3) is 3.54. The minimum Gasteiger partial charge on any atom is -0.399 e. The number of rotatable bonds is 4. The Labute approximate surface area is 111 Å². The summed E-state index contributed by atoms with van der Waals surface area (Å²) in [6, 6.07) is 12.1. The highest BCUT2D eigenvalue weighted by Crippen LogP contribution is 2.15. The van der Waals surface area contributed by atoms with Crippen molar-refractivity contribution in [3.63, 3.8) is 0 Å². The molecule has 0 saturated carbocycles. The average molecular weight is 279 g/mol. The molecule has 0 atom stereocenters. The zero-order valence-corrected chi connectivity index (χ0v) is 11.0. The topological polar surface area (TPSA) is 60.2 Å². The Morgan fingerprint density at radius 1 is 1.05 bits per heavy atom. The van der Waals surface area contributed by atoms with Gasteiger partial charge in [0.05, 0.1) is 10.6 Å². The molecule has 0 unspecified atom stereocenters. The lowest BCUT2D eigenvalue weighted by molar-refractivity contribution is 0.590. The molecule has 2 aromatic rings. The van der Waals surface area contributed by atoms with Crippen LogP contribution in [-0.2, 0) is 16.3 Å². The van der Waals surface area contributed by atoms with E-state index in [-0.39, 0.29) is 10.6 Å². The van der Waals surface area contributed by atoms with Crippen LogP contribution in [0.4, 0.5) is 10.1 Å². The molecule has 0 heterocycles. The Bertz CT molecular complexity index is 666. The van der Waals surface area contributed by atoms with Crippen molar-refractivity contribution in [3.8, 4) is 0 Å². The van der Waals surface area contributed by atoms with Crippen molar-refractivity contribution in [1.82, 2.24) is 0 Å². The summed E-state index contributed by atoms with van der Waals surface area (Å²) in [5.41, 5.74) is 7.08. The fourth-order valence-corrected chi connectivity index (χ4v) is 3.03. The molecule has 2 aromatic carbocycles. The summed E-state index contributed by atoms with van der Waals surface area (Å²) in [6.07, 6.45) is 0.374. The monoisotopic (exact) mass is 279 g/mol. The zero-order chi connectivity index (χ0) is 13.9. The van der Waals surface area contributed by atoms with E-state index in [4.69, 9.17) is 5.73 Å². The molecule has 0 fully saturated rings. The summed E-state index contributed by atoms with van der Waals surface area (Å²) in [5, 5.41) is 0. The highest BCUT2D eigenvalue weighted by Gasteiger charge is 2.14. The van der Waals surface area contributed by atoms with E-state index >= 15 is 0 Å². The van der Waals surface area contributed by atoms with Gasteiger partial charge in [0.15, 0.2) is 9.84 Å². The summed E-state index contributed by atoms with van der Waals surface area (Å²) in [5.74, 6) is -0.603. The van der Waals surface area contributed by atoms with Crippen LogP contribution in [0.25, 0.3) is 0 Å². The maximum Gasteiger partial charge on any atom is 0.178 e. The fourth-order valence-electron chi connectivity index (χ4n) is 1.71. The molecule has 0 aromatic heterocycles. The summed E-state index contributed by atoms with van der Waals surface area (Å²) < 4.78 is 37.1. The Morgan fingerprint density at radius 2 is 1.74 bits per heavy atom. The van der Waals surface area contributed by atoms with Crippen LogP contribution in [0, 0.1) is 5.82 Å². The second kappa shape index (κ2) is 5.40. The maximum absolute atomic E-state index is 13.0. The van der Waals surface area contributed by atoms with Crippen LogP contribution in [0.5, 0.6) is 0 Å². The van der Waals surface area contributed by atoms with Crippen LogP contribution in [0.1, 0.15) is 5.56 Å². The van der Waals surface area contributed by atoms with Crippen molar-refractivity contribution in [2.45, 2.75) is 11.3 Å². The van der Waals surface area contributed by atoms with Crippen LogP contribution < -0.4 is 5.73 Å². The van der Waals surface area contributed by atoms with Gasteiger partial charge in [0.2, 0.25) is 0 Å². The first kappa shape index (κ1) is 13.5. The number of sulfone groups is 1. The molecular weight excluding hydrogens is 265 g/mol. The van der Waals surface area contributed by atoms with Crippen LogP contribution in [-0.4, -0.2) is 14.2 Å². The standard InChI is InChI=1S/C14H14FNO2S/c15-12-2-1-3-14(10-12)19(17,18)9-8-11-4-6-13(16)7-5-11/h1-7,10H,8-9,16H2. The minimum atomic E-state index is -3.46. The number of anilines is 1. The van der Waals surface area contributed by atoms with Gasteiger partial charge in [-0.3, -0.25) is 0 Å². The number of aryl methyl sites for hydroxylation is 1. The lowest BCUT2D eigenvalue weighted by Gasteiger charge is -2.05. The molecule has 5 heteroatoms. The van der Waals surface area contributed by atoms with E-state index in [9.17, 15) is 12.8 Å². The number of halogens is 1. The largest absolute Gasteiger partial charge is 0.399 e. The number of hydrogen-bond acceptors (Lipinski definition) is 3. The van der Waals surface area contributed by atoms with Gasteiger partial charge >= 0.3 is 0 Å². The van der Waals surface area contributed by atoms with Gasteiger partial charge in [-0.05, 0) is 42.3 Å². The Morgan fingerprint density at radius 3 is 2.37 bits per heavy atom. The lowest BCUT2D eigenvalue weighted by atomic mass is 10.2. The molecule has 0 aliphatic carbocycles. The minimum absolute atomic E-state index is 0.0166. The van der Waals surface area contributed by atoms with E-state index in [0.717, 1.165) is 11.6 Å². The molecule has 3 nitrogen and oxygen atoms in total. The maximum atomic E-state index is 13.0. The van der Waals surface area contributed by atoms with Crippen LogP contribution in [0.2, 0.25) is 0 Å². The van der Waals surface area contributed by atoms with Gasteiger partial charge in [0.25, 0.3) is 0 Å². The quantitative estimate of drug-likeness (QED) is 0.874. The Kier molecular flexibility index (Phi) is 3.85. The second-order valence-electron chi connectivity index (χ2n) is 4.27. The second-order valence-corrected chi connectivity index (χ2v) is 6.38. The van der Waals surface area contributed by atoms with Gasteiger partial charge < -0.3 is 5.73 Å². The van der Waals surface area contributed by atoms with Crippen LogP contribution >= 0.6 is 0 Å². The number of nitrogen functional groups attached to an aromatic ring is 1. The van der Waals surface area contributed by atoms with Gasteiger partial charge in [-0.15, -0.1) is 0 Å². The molecule has 0 bridgehead atoms. The fraction of sp³-hybridized carbons (Fsp3) is 0.143. The molecule has 0 aliphatic heterocycles. The number of hydrogen-bond donors (Lipinski definition) is 1. The molecule has 0 spiro atoms. The highest BCUT2D eigenvalue weighted by molar-refractivity contribution is 7.91. The molecule has 0 amide bonds. The normalized spacial score (nSPS) is 11.4. The first-order chi connectivity index (χ1) is 8.97. The average Bonchev–Trinajstić information content (AvgIpc) is 2.38. The van der Waals surface area contributed by atoms with E-state index in [1.807, 2.05) is 0 Å². The van der Waals surface area contributed by atoms with Gasteiger partial charge in [0.1, 0.15) is 5.82 Å². The van der Waals surface area contributed by atoms with E-state index in [2.05, 4.69) is 0 Å². The van der Waals surface area contributed by atoms with Crippen LogP contribution in [0.3, 0.4) is 0 Å². The van der Waals surface area contributed by atoms with Crippen molar-refractivity contribution < 1.29 is 12.8 Å². The summed E-state index contributed by atoms with van der Waals surface area (Å²) in [6.45, 7) is 0. The third-order valence-corrected chi connectivity index (χ3v) is 4.51. The third-order valence-electron chi connectivity index (χ3n) is 2.79. The van der Waals surface area contributed by atoms with Crippen molar-refractivity contribution in [1.29, 1.82) is 0 Å². The molecule has 0 saturated heterocycles. The van der Waals surface area contributed by atoms with E-state index in [0.29, 0.717) is 12.1 Å². The zero-order valence-electron chi connectivity index (χ0n) is 10.2. The molecule has 0 aliphatic rings. The summed E-state index contributed by atoms with van der Waals surface area (Å²) >= 11 is 0. The van der Waals surface area contributed by atoms with E-state index < -0.39 is 15.7 Å². The predicted molar refractivity (Wildman–Crippen MR) is 73.0 cm³/mol. The van der Waals surface area contributed by atoms with Crippen LogP contribution in [0.15, 0.2) is 53.4 Å². The lowest BCUT2D eigenvalue weighted by Crippen LogP contribution is -2.09. The van der Waals surface area contributed by atoms with Gasteiger partial charge in [-0.2, -0.15) is 0 Å². The highest BCUT2D eigenvalue weighted by atomic mass is 32.2. The number of benzene rings is 2. The number of nitrogens with two attached hydrogens (primary N) is 1. The smallest absolute Gasteiger partial charge is 0.178 e. The first-order valence-electron chi connectivity index (χ1n) is 5.80. The van der Waals surface area contributed by atoms with Gasteiger partial charge in [0, 0.05) is 5.69 Å². The predicted octanol–water partition coefficient (Wildman–Crippen LogP) is 2.42. The Hall–Kier alpha value is -1.88. The molecule has 2 N–H and O–H groups in total. The van der Waals surface area contributed by atoms with Crippen molar-refractivity contribution in [2.24, 2.45) is 0 Å². The summed E-state index contributed by atoms with van der Waals surface area (Å²) in [4.78, 5) is 0.0166. The molecule has 0 radical (unpaired) electrons. The Balaban J connectivity index is 2.12. The van der Waals surface area contributed by atoms with Crippen molar-refractivity contribution in [3.05, 3.63) is 59.9 Å². The molecular formula is C14H14FNO2S. The van der Waals surface area contributed by atoms with Crippen molar-refractivity contribution >= 4 is 15.5 Å². The van der Waals surface area contributed by atoms with Gasteiger partial charge in [-0.1, -0.05) is 18.2 Å². The molecule has 2 rings (SSSR count). The SMILES string of the molecule is Nc1ccc(CCS(=O)(=O)c2cccc(F)c2)cc1.